The van der Waals surface area contributed by atoms with E-state index in [2.05, 4.69) is 0 Å². The molecule has 0 rings (SSSR count). The Morgan fingerprint density at radius 3 is 0.750 bits per heavy atom. The fourth-order valence-corrected chi connectivity index (χ4v) is 0.408. The molecule has 80 valence electrons. The van der Waals surface area contributed by atoms with Crippen LogP contribution in [0.25, 0.3) is 0 Å². The lowest BCUT2D eigenvalue weighted by atomic mass is 10.8. The summed E-state index contributed by atoms with van der Waals surface area (Å²) in [4.78, 5) is 0. The van der Waals surface area contributed by atoms with Crippen LogP contribution < -0.4 is 12.3 Å². The zero-order valence-corrected chi connectivity index (χ0v) is 9.06. The van der Waals surface area contributed by atoms with Gasteiger partial charge in [-0.05, 0) is 27.7 Å². The summed E-state index contributed by atoms with van der Waals surface area (Å²) >= 11 is 0. The first-order chi connectivity index (χ1) is 4.83. The molecule has 0 saturated heterocycles. The van der Waals surface area contributed by atoms with Crippen molar-refractivity contribution in [1.29, 1.82) is 0 Å². The van der Waals surface area contributed by atoms with E-state index in [0.717, 1.165) is 26.4 Å². The quantitative estimate of drug-likeness (QED) is 0.698. The van der Waals surface area contributed by atoms with E-state index in [4.69, 9.17) is 9.47 Å². The maximum atomic E-state index is 4.83. The molecule has 0 aromatic carbocycles. The van der Waals surface area contributed by atoms with Crippen molar-refractivity contribution in [3.8, 4) is 0 Å². The van der Waals surface area contributed by atoms with Crippen LogP contribution in [0.4, 0.5) is 0 Å². The number of ether oxygens (including phenoxy) is 2. The van der Waals surface area contributed by atoms with Gasteiger partial charge in [0.1, 0.15) is 0 Å². The van der Waals surface area contributed by atoms with Crippen molar-refractivity contribution < 1.29 is 9.47 Å². The van der Waals surface area contributed by atoms with Crippen LogP contribution >= 0.6 is 0 Å². The zero-order valence-electron chi connectivity index (χ0n) is 9.06. The van der Waals surface area contributed by atoms with Gasteiger partial charge in [0.15, 0.2) is 0 Å². The molecule has 4 heteroatoms. The molecule has 6 N–H and O–H groups in total. The van der Waals surface area contributed by atoms with Gasteiger partial charge in [0.2, 0.25) is 0 Å². The molecule has 0 bridgehead atoms. The Bertz CT molecular complexity index is 36.0. The highest BCUT2D eigenvalue weighted by molar-refractivity contribution is 4.07. The minimum Gasteiger partial charge on any atom is -0.382 e. The summed E-state index contributed by atoms with van der Waals surface area (Å²) in [6, 6.07) is 0. The average molecular weight is 182 g/mol. The van der Waals surface area contributed by atoms with Crippen LogP contribution in [-0.2, 0) is 9.47 Å². The van der Waals surface area contributed by atoms with Crippen molar-refractivity contribution in [3.63, 3.8) is 0 Å². The van der Waals surface area contributed by atoms with Gasteiger partial charge in [-0.15, -0.1) is 0 Å². The van der Waals surface area contributed by atoms with Crippen LogP contribution in [-0.4, -0.2) is 26.4 Å². The predicted octanol–water partition coefficient (Wildman–Crippen LogP) is 2.41. The van der Waals surface area contributed by atoms with Crippen LogP contribution in [0.1, 0.15) is 27.7 Å². The summed E-state index contributed by atoms with van der Waals surface area (Å²) in [5, 5.41) is 0. The second kappa shape index (κ2) is 30.8. The van der Waals surface area contributed by atoms with Crippen molar-refractivity contribution in [2.45, 2.75) is 27.7 Å². The minimum absolute atomic E-state index is 0. The third-order valence-corrected chi connectivity index (χ3v) is 0.816. The largest absolute Gasteiger partial charge is 0.382 e. The number of hydrogen-bond donors (Lipinski definition) is 2. The first-order valence-corrected chi connectivity index (χ1v) is 3.98. The lowest BCUT2D eigenvalue weighted by Gasteiger charge is -1.86. The first kappa shape index (κ1) is 22.6. The van der Waals surface area contributed by atoms with Gasteiger partial charge < -0.3 is 21.8 Å². The molecule has 0 heterocycles. The maximum absolute atomic E-state index is 4.83. The second-order valence-corrected chi connectivity index (χ2v) is 1.56. The molecule has 0 aromatic rings. The lowest BCUT2D eigenvalue weighted by Crippen LogP contribution is -1.84. The SMILES string of the molecule is CCOCC.CCOCC.N.N. The van der Waals surface area contributed by atoms with E-state index in [9.17, 15) is 0 Å². The highest BCUT2D eigenvalue weighted by Gasteiger charge is 1.64. The molecule has 0 aliphatic carbocycles. The molecule has 0 saturated carbocycles. The van der Waals surface area contributed by atoms with Crippen LogP contribution in [0.5, 0.6) is 0 Å². The Morgan fingerprint density at radius 1 is 0.583 bits per heavy atom. The third kappa shape index (κ3) is 52.1. The minimum atomic E-state index is 0. The Kier molecular flexibility index (Phi) is 58.0. The molecule has 0 fully saturated rings. The van der Waals surface area contributed by atoms with E-state index < -0.39 is 0 Å². The van der Waals surface area contributed by atoms with Gasteiger partial charge in [-0.1, -0.05) is 0 Å². The van der Waals surface area contributed by atoms with E-state index in [1.54, 1.807) is 0 Å². The zero-order chi connectivity index (χ0) is 8.24. The van der Waals surface area contributed by atoms with Crippen LogP contribution in [0.3, 0.4) is 0 Å². The van der Waals surface area contributed by atoms with E-state index in [0.29, 0.717) is 0 Å². The van der Waals surface area contributed by atoms with Crippen molar-refractivity contribution in [3.05, 3.63) is 0 Å². The maximum Gasteiger partial charge on any atom is 0.0437 e. The Morgan fingerprint density at radius 2 is 0.750 bits per heavy atom. The van der Waals surface area contributed by atoms with Crippen LogP contribution in [0.15, 0.2) is 0 Å². The first-order valence-electron chi connectivity index (χ1n) is 3.98. The van der Waals surface area contributed by atoms with E-state index in [-0.39, 0.29) is 12.3 Å². The van der Waals surface area contributed by atoms with Crippen molar-refractivity contribution in [2.24, 2.45) is 0 Å². The van der Waals surface area contributed by atoms with Gasteiger partial charge in [-0.25, -0.2) is 0 Å². The smallest absolute Gasteiger partial charge is 0.0437 e. The monoisotopic (exact) mass is 182 g/mol. The van der Waals surface area contributed by atoms with Crippen molar-refractivity contribution in [1.82, 2.24) is 12.3 Å². The molecular weight excluding hydrogens is 156 g/mol. The highest BCUT2D eigenvalue weighted by Crippen LogP contribution is 1.64. The summed E-state index contributed by atoms with van der Waals surface area (Å²) in [6.07, 6.45) is 0. The fourth-order valence-electron chi connectivity index (χ4n) is 0.408. The van der Waals surface area contributed by atoms with Gasteiger partial charge in [0.25, 0.3) is 0 Å². The van der Waals surface area contributed by atoms with Gasteiger partial charge in [-0.3, -0.25) is 0 Å². The molecule has 4 nitrogen and oxygen atoms in total. The predicted molar refractivity (Wildman–Crippen MR) is 54.4 cm³/mol. The molecule has 0 aliphatic heterocycles. The van der Waals surface area contributed by atoms with E-state index >= 15 is 0 Å². The number of rotatable bonds is 4. The molecule has 0 atom stereocenters. The molecule has 0 radical (unpaired) electrons. The van der Waals surface area contributed by atoms with Crippen LogP contribution in [0, 0.1) is 0 Å². The molecule has 0 spiro atoms. The van der Waals surface area contributed by atoms with Gasteiger partial charge in [0, 0.05) is 26.4 Å². The Labute approximate surface area is 76.8 Å². The third-order valence-electron chi connectivity index (χ3n) is 0.816. The summed E-state index contributed by atoms with van der Waals surface area (Å²) in [7, 11) is 0. The fraction of sp³-hybridized carbons (Fsp3) is 1.00. The topological polar surface area (TPSA) is 88.5 Å². The summed E-state index contributed by atoms with van der Waals surface area (Å²) in [5.41, 5.74) is 0. The standard InChI is InChI=1S/2C4H10O.2H3N/c2*1-3-5-4-2;;/h2*3-4H2,1-2H3;2*1H3. The molecule has 0 unspecified atom stereocenters. The second-order valence-electron chi connectivity index (χ2n) is 1.56. The van der Waals surface area contributed by atoms with Crippen molar-refractivity contribution >= 4 is 0 Å². The summed E-state index contributed by atoms with van der Waals surface area (Å²) < 4.78 is 9.67. The highest BCUT2D eigenvalue weighted by atomic mass is 16.5. The Balaban J connectivity index is -0.0000000457. The normalized spacial score (nSPS) is 7.00. The van der Waals surface area contributed by atoms with E-state index in [1.165, 1.54) is 0 Å². The number of hydrogen-bond acceptors (Lipinski definition) is 4. The molecule has 0 aromatic heterocycles. The van der Waals surface area contributed by atoms with Crippen LogP contribution in [0.2, 0.25) is 0 Å². The van der Waals surface area contributed by atoms with Crippen molar-refractivity contribution in [2.75, 3.05) is 26.4 Å². The summed E-state index contributed by atoms with van der Waals surface area (Å²) in [5.74, 6) is 0. The summed E-state index contributed by atoms with van der Waals surface area (Å²) in [6.45, 7) is 11.3. The van der Waals surface area contributed by atoms with Gasteiger partial charge >= 0.3 is 0 Å². The molecule has 0 aliphatic rings. The Hall–Kier alpha value is -0.160. The lowest BCUT2D eigenvalue weighted by molar-refractivity contribution is 0.162. The molecule has 0 amide bonds. The molecular formula is C8H26N2O2. The molecule has 12 heavy (non-hydrogen) atoms. The van der Waals surface area contributed by atoms with Gasteiger partial charge in [0.05, 0.1) is 0 Å². The average Bonchev–Trinajstić information content (AvgIpc) is 1.93. The van der Waals surface area contributed by atoms with Gasteiger partial charge in [-0.2, -0.15) is 0 Å². The van der Waals surface area contributed by atoms with E-state index in [1.807, 2.05) is 27.7 Å².